The molecule has 1 atom stereocenters. The van der Waals surface area contributed by atoms with Crippen molar-refractivity contribution in [3.05, 3.63) is 21.9 Å². The predicted molar refractivity (Wildman–Crippen MR) is 72.6 cm³/mol. The molecule has 3 nitrogen and oxygen atoms in total. The monoisotopic (exact) mass is 263 g/mol. The lowest BCUT2D eigenvalue weighted by Crippen LogP contribution is -2.36. The van der Waals surface area contributed by atoms with Gasteiger partial charge in [-0.05, 0) is 31.7 Å². The van der Waals surface area contributed by atoms with Crippen LogP contribution < -0.4 is 0 Å². The minimum absolute atomic E-state index is 0.0581. The van der Waals surface area contributed by atoms with Crippen LogP contribution in [0.15, 0.2) is 11.4 Å². The zero-order valence-electron chi connectivity index (χ0n) is 10.6. The smallest absolute Gasteiger partial charge is 0.254 e. The number of aliphatic hydroxyl groups excluding tert-OH is 1. The van der Waals surface area contributed by atoms with E-state index in [0.717, 1.165) is 4.88 Å². The van der Waals surface area contributed by atoms with Crippen molar-refractivity contribution in [3.63, 3.8) is 0 Å². The molecule has 1 fully saturated rings. The first-order chi connectivity index (χ1) is 8.63. The van der Waals surface area contributed by atoms with E-state index >= 15 is 0 Å². The molecule has 1 aromatic rings. The number of carbonyl (C=O) groups is 1. The Bertz CT molecular complexity index is 493. The molecule has 1 amide bonds. The second-order valence-electron chi connectivity index (χ2n) is 4.65. The SMILES string of the molecule is CC(C1CC1)N(C)C(=O)c1csc(C#CCO)c1. The maximum absolute atomic E-state index is 12.2. The molecule has 0 aliphatic heterocycles. The number of rotatable bonds is 3. The fourth-order valence-corrected chi connectivity index (χ4v) is 2.67. The largest absolute Gasteiger partial charge is 0.384 e. The van der Waals surface area contributed by atoms with Crippen molar-refractivity contribution < 1.29 is 9.90 Å². The zero-order chi connectivity index (χ0) is 13.1. The van der Waals surface area contributed by atoms with Crippen LogP contribution in [-0.2, 0) is 0 Å². The number of aliphatic hydroxyl groups is 1. The topological polar surface area (TPSA) is 40.5 Å². The summed E-state index contributed by atoms with van der Waals surface area (Å²) in [5.74, 6) is 6.14. The summed E-state index contributed by atoms with van der Waals surface area (Å²) in [5, 5.41) is 10.5. The maximum Gasteiger partial charge on any atom is 0.254 e. The van der Waals surface area contributed by atoms with E-state index in [1.807, 2.05) is 17.3 Å². The number of nitrogens with zero attached hydrogens (tertiary/aromatic N) is 1. The van der Waals surface area contributed by atoms with Crippen molar-refractivity contribution >= 4 is 17.2 Å². The average Bonchev–Trinajstić information content (AvgIpc) is 3.12. The summed E-state index contributed by atoms with van der Waals surface area (Å²) in [6.45, 7) is 1.95. The predicted octanol–water partition coefficient (Wildman–Crippen LogP) is 1.96. The number of thiophene rings is 1. The third-order valence-corrected chi connectivity index (χ3v) is 4.22. The molecule has 1 aliphatic carbocycles. The summed E-state index contributed by atoms with van der Waals surface area (Å²) in [4.78, 5) is 14.9. The summed E-state index contributed by atoms with van der Waals surface area (Å²) in [7, 11) is 1.86. The van der Waals surface area contributed by atoms with Gasteiger partial charge in [0.25, 0.3) is 5.91 Å². The van der Waals surface area contributed by atoms with E-state index in [4.69, 9.17) is 5.11 Å². The van der Waals surface area contributed by atoms with Crippen LogP contribution in [0.5, 0.6) is 0 Å². The van der Waals surface area contributed by atoms with Crippen LogP contribution in [0.3, 0.4) is 0 Å². The molecule has 1 aromatic heterocycles. The van der Waals surface area contributed by atoms with Crippen molar-refractivity contribution in [1.82, 2.24) is 4.90 Å². The van der Waals surface area contributed by atoms with E-state index in [2.05, 4.69) is 18.8 Å². The molecule has 1 aliphatic rings. The van der Waals surface area contributed by atoms with Crippen molar-refractivity contribution in [2.24, 2.45) is 5.92 Å². The van der Waals surface area contributed by atoms with Gasteiger partial charge in [0, 0.05) is 18.5 Å². The lowest BCUT2D eigenvalue weighted by atomic mass is 10.1. The highest BCUT2D eigenvalue weighted by atomic mass is 32.1. The van der Waals surface area contributed by atoms with Crippen LogP contribution >= 0.6 is 11.3 Å². The van der Waals surface area contributed by atoms with Gasteiger partial charge in [-0.3, -0.25) is 4.79 Å². The Morgan fingerprint density at radius 2 is 2.39 bits per heavy atom. The molecular weight excluding hydrogens is 246 g/mol. The van der Waals surface area contributed by atoms with Crippen molar-refractivity contribution in [2.45, 2.75) is 25.8 Å². The third-order valence-electron chi connectivity index (χ3n) is 3.37. The number of hydrogen-bond acceptors (Lipinski definition) is 3. The summed E-state index contributed by atoms with van der Waals surface area (Å²) >= 11 is 1.44. The van der Waals surface area contributed by atoms with Crippen molar-refractivity contribution in [3.8, 4) is 11.8 Å². The average molecular weight is 263 g/mol. The number of hydrogen-bond donors (Lipinski definition) is 1. The molecule has 0 bridgehead atoms. The molecule has 0 aromatic carbocycles. The van der Waals surface area contributed by atoms with E-state index < -0.39 is 0 Å². The van der Waals surface area contributed by atoms with Gasteiger partial charge in [0.1, 0.15) is 6.61 Å². The Hall–Kier alpha value is -1.31. The molecule has 96 valence electrons. The molecule has 1 saturated carbocycles. The van der Waals surface area contributed by atoms with Crippen molar-refractivity contribution in [2.75, 3.05) is 13.7 Å². The molecule has 2 rings (SSSR count). The van der Waals surface area contributed by atoms with Gasteiger partial charge in [-0.2, -0.15) is 0 Å². The number of amides is 1. The van der Waals surface area contributed by atoms with E-state index in [9.17, 15) is 4.79 Å². The Kier molecular flexibility index (Phi) is 4.05. The van der Waals surface area contributed by atoms with Crippen molar-refractivity contribution in [1.29, 1.82) is 0 Å². The summed E-state index contributed by atoms with van der Waals surface area (Å²) in [6, 6.07) is 2.11. The van der Waals surface area contributed by atoms with E-state index in [-0.39, 0.29) is 12.5 Å². The van der Waals surface area contributed by atoms with Gasteiger partial charge in [0.05, 0.1) is 10.4 Å². The van der Waals surface area contributed by atoms with Crippen LogP contribution in [-0.4, -0.2) is 35.6 Å². The van der Waals surface area contributed by atoms with Crippen LogP contribution in [0.1, 0.15) is 35.0 Å². The fourth-order valence-electron chi connectivity index (χ4n) is 1.92. The molecule has 0 spiro atoms. The van der Waals surface area contributed by atoms with Crippen LogP contribution in [0, 0.1) is 17.8 Å². The van der Waals surface area contributed by atoms with Gasteiger partial charge < -0.3 is 10.0 Å². The second-order valence-corrected chi connectivity index (χ2v) is 5.56. The van der Waals surface area contributed by atoms with E-state index in [1.54, 1.807) is 6.07 Å². The lowest BCUT2D eigenvalue weighted by molar-refractivity contribution is 0.0728. The Balaban J connectivity index is 2.05. The second kappa shape index (κ2) is 5.55. The zero-order valence-corrected chi connectivity index (χ0v) is 11.5. The maximum atomic E-state index is 12.2. The van der Waals surface area contributed by atoms with E-state index in [0.29, 0.717) is 17.5 Å². The van der Waals surface area contributed by atoms with Crippen LogP contribution in [0.4, 0.5) is 0 Å². The molecular formula is C14H17NO2S. The summed E-state index contributed by atoms with van der Waals surface area (Å²) < 4.78 is 0. The molecule has 0 saturated heterocycles. The molecule has 1 N–H and O–H groups in total. The van der Waals surface area contributed by atoms with Gasteiger partial charge in [0.2, 0.25) is 0 Å². The normalized spacial score (nSPS) is 15.7. The number of carbonyl (C=O) groups excluding carboxylic acids is 1. The van der Waals surface area contributed by atoms with Gasteiger partial charge in [-0.1, -0.05) is 11.8 Å². The first-order valence-electron chi connectivity index (χ1n) is 6.09. The molecule has 1 unspecified atom stereocenters. The standard InChI is InChI=1S/C14H17NO2S/c1-10(11-5-6-11)15(2)14(17)12-8-13(18-9-12)4-3-7-16/h8-11,16H,5-7H2,1-2H3. The quantitative estimate of drug-likeness (QED) is 0.847. The van der Waals surface area contributed by atoms with E-state index in [1.165, 1.54) is 24.2 Å². The Morgan fingerprint density at radius 1 is 1.67 bits per heavy atom. The van der Waals surface area contributed by atoms with Crippen LogP contribution in [0.25, 0.3) is 0 Å². The molecule has 1 heterocycles. The highest BCUT2D eigenvalue weighted by Gasteiger charge is 2.32. The molecule has 4 heteroatoms. The first-order valence-corrected chi connectivity index (χ1v) is 6.97. The highest BCUT2D eigenvalue weighted by molar-refractivity contribution is 7.10. The third kappa shape index (κ3) is 2.92. The van der Waals surface area contributed by atoms with Gasteiger partial charge >= 0.3 is 0 Å². The summed E-state index contributed by atoms with van der Waals surface area (Å²) in [6.07, 6.45) is 2.46. The molecule has 18 heavy (non-hydrogen) atoms. The highest BCUT2D eigenvalue weighted by Crippen LogP contribution is 2.35. The van der Waals surface area contributed by atoms with Gasteiger partial charge in [-0.25, -0.2) is 0 Å². The minimum Gasteiger partial charge on any atom is -0.384 e. The Labute approximate surface area is 111 Å². The van der Waals surface area contributed by atoms with Gasteiger partial charge in [-0.15, -0.1) is 11.3 Å². The lowest BCUT2D eigenvalue weighted by Gasteiger charge is -2.24. The minimum atomic E-state index is -0.153. The Morgan fingerprint density at radius 3 is 3.00 bits per heavy atom. The first kappa shape index (κ1) is 13.1. The fraction of sp³-hybridized carbons (Fsp3) is 0.500. The van der Waals surface area contributed by atoms with Crippen LogP contribution in [0.2, 0.25) is 0 Å². The summed E-state index contributed by atoms with van der Waals surface area (Å²) in [5.41, 5.74) is 0.692. The molecule has 0 radical (unpaired) electrons. The van der Waals surface area contributed by atoms with Gasteiger partial charge in [0.15, 0.2) is 0 Å².